The second kappa shape index (κ2) is 4.62. The van der Waals surface area contributed by atoms with Gasteiger partial charge in [-0.1, -0.05) is 12.1 Å². The van der Waals surface area contributed by atoms with Gasteiger partial charge in [0.1, 0.15) is 0 Å². The largest absolute Gasteiger partial charge is 0.469 e. The van der Waals surface area contributed by atoms with E-state index >= 15 is 0 Å². The van der Waals surface area contributed by atoms with Crippen LogP contribution in [0.1, 0.15) is 11.1 Å². The highest BCUT2D eigenvalue weighted by atomic mass is 16.5. The molecule has 76 valence electrons. The molecule has 0 heterocycles. The predicted octanol–water partition coefficient (Wildman–Crippen LogP) is 0.996. The third-order valence-electron chi connectivity index (χ3n) is 2.16. The lowest BCUT2D eigenvalue weighted by Crippen LogP contribution is -2.11. The Balaban J connectivity index is 2.92. The predicted molar refractivity (Wildman–Crippen MR) is 54.7 cm³/mol. The van der Waals surface area contributed by atoms with Crippen molar-refractivity contribution in [2.45, 2.75) is 13.3 Å². The Bertz CT molecular complexity index is 337. The first-order valence-electron chi connectivity index (χ1n) is 4.31. The molecule has 0 spiro atoms. The molecule has 0 aliphatic rings. The van der Waals surface area contributed by atoms with Crippen molar-refractivity contribution in [3.05, 3.63) is 29.3 Å². The Morgan fingerprint density at radius 3 is 2.86 bits per heavy atom. The average molecular weight is 194 g/mol. The molecular formula is C10H14N2O2. The zero-order chi connectivity index (χ0) is 10.6. The molecule has 0 amide bonds. The molecule has 0 aromatic heterocycles. The molecule has 0 fully saturated rings. The Labute approximate surface area is 83.0 Å². The maximum Gasteiger partial charge on any atom is 0.309 e. The highest BCUT2D eigenvalue weighted by Crippen LogP contribution is 2.18. The minimum absolute atomic E-state index is 0.248. The lowest BCUT2D eigenvalue weighted by atomic mass is 10.0. The third-order valence-corrected chi connectivity index (χ3v) is 2.16. The minimum atomic E-state index is -0.248. The van der Waals surface area contributed by atoms with E-state index in [-0.39, 0.29) is 12.4 Å². The summed E-state index contributed by atoms with van der Waals surface area (Å²) in [5, 5.41) is 0. The van der Waals surface area contributed by atoms with E-state index in [0.717, 1.165) is 16.8 Å². The minimum Gasteiger partial charge on any atom is -0.469 e. The number of nitrogens with two attached hydrogens (primary N) is 1. The Hall–Kier alpha value is -1.55. The van der Waals surface area contributed by atoms with Crippen LogP contribution in [0, 0.1) is 6.92 Å². The summed E-state index contributed by atoms with van der Waals surface area (Å²) >= 11 is 0. The summed E-state index contributed by atoms with van der Waals surface area (Å²) < 4.78 is 4.59. The van der Waals surface area contributed by atoms with Crippen LogP contribution in [0.2, 0.25) is 0 Å². The van der Waals surface area contributed by atoms with E-state index in [2.05, 4.69) is 10.2 Å². The Morgan fingerprint density at radius 1 is 1.57 bits per heavy atom. The molecular weight excluding hydrogens is 180 g/mol. The maximum atomic E-state index is 11.1. The maximum absolute atomic E-state index is 11.1. The molecule has 0 saturated heterocycles. The number of hydrogen-bond donors (Lipinski definition) is 2. The van der Waals surface area contributed by atoms with Crippen LogP contribution in [0.3, 0.4) is 0 Å². The second-order valence-corrected chi connectivity index (χ2v) is 2.99. The van der Waals surface area contributed by atoms with Crippen LogP contribution in [0.15, 0.2) is 18.2 Å². The number of hydrazine groups is 1. The van der Waals surface area contributed by atoms with Crippen LogP contribution < -0.4 is 11.3 Å². The number of anilines is 1. The summed E-state index contributed by atoms with van der Waals surface area (Å²) in [6.45, 7) is 1.91. The van der Waals surface area contributed by atoms with Crippen LogP contribution in [-0.4, -0.2) is 13.1 Å². The summed E-state index contributed by atoms with van der Waals surface area (Å²) in [7, 11) is 1.38. The smallest absolute Gasteiger partial charge is 0.309 e. The number of nitrogens with one attached hydrogen (secondary N) is 1. The van der Waals surface area contributed by atoms with Crippen LogP contribution in [0.4, 0.5) is 5.69 Å². The number of methoxy groups -OCH3 is 1. The molecule has 14 heavy (non-hydrogen) atoms. The highest BCUT2D eigenvalue weighted by molar-refractivity contribution is 5.74. The van der Waals surface area contributed by atoms with Gasteiger partial charge in [0.2, 0.25) is 0 Å². The molecule has 0 bridgehead atoms. The molecule has 4 nitrogen and oxygen atoms in total. The van der Waals surface area contributed by atoms with Crippen molar-refractivity contribution in [1.29, 1.82) is 0 Å². The fraction of sp³-hybridized carbons (Fsp3) is 0.300. The molecule has 3 N–H and O–H groups in total. The molecule has 1 aromatic carbocycles. The van der Waals surface area contributed by atoms with Crippen LogP contribution in [-0.2, 0) is 16.0 Å². The number of nitrogen functional groups attached to an aromatic ring is 1. The van der Waals surface area contributed by atoms with Gasteiger partial charge >= 0.3 is 5.97 Å². The summed E-state index contributed by atoms with van der Waals surface area (Å²) in [6, 6.07) is 5.59. The average Bonchev–Trinajstić information content (AvgIpc) is 2.21. The van der Waals surface area contributed by atoms with E-state index in [1.165, 1.54) is 7.11 Å². The van der Waals surface area contributed by atoms with Gasteiger partial charge in [-0.3, -0.25) is 10.6 Å². The van der Waals surface area contributed by atoms with Crippen molar-refractivity contribution in [3.8, 4) is 0 Å². The normalized spacial score (nSPS) is 9.64. The fourth-order valence-corrected chi connectivity index (χ4v) is 1.26. The number of hydrogen-bond acceptors (Lipinski definition) is 4. The summed E-state index contributed by atoms with van der Waals surface area (Å²) in [5.41, 5.74) is 5.30. The van der Waals surface area contributed by atoms with Crippen molar-refractivity contribution >= 4 is 11.7 Å². The number of carbonyl (C=O) groups excluding carboxylic acids is 1. The van der Waals surface area contributed by atoms with E-state index < -0.39 is 0 Å². The first kappa shape index (κ1) is 10.5. The molecule has 1 rings (SSSR count). The van der Waals surface area contributed by atoms with Gasteiger partial charge in [-0.15, -0.1) is 0 Å². The molecule has 0 aliphatic heterocycles. The first-order chi connectivity index (χ1) is 6.69. The van der Waals surface area contributed by atoms with Crippen molar-refractivity contribution < 1.29 is 9.53 Å². The van der Waals surface area contributed by atoms with E-state index in [1.807, 2.05) is 25.1 Å². The van der Waals surface area contributed by atoms with Crippen molar-refractivity contribution in [2.24, 2.45) is 5.84 Å². The lowest BCUT2D eigenvalue weighted by Gasteiger charge is -2.09. The topological polar surface area (TPSA) is 64.3 Å². The lowest BCUT2D eigenvalue weighted by molar-refractivity contribution is -0.139. The number of benzene rings is 1. The second-order valence-electron chi connectivity index (χ2n) is 2.99. The molecule has 0 atom stereocenters. The monoisotopic (exact) mass is 194 g/mol. The van der Waals surface area contributed by atoms with Gasteiger partial charge in [0, 0.05) is 0 Å². The van der Waals surface area contributed by atoms with Gasteiger partial charge < -0.3 is 10.2 Å². The van der Waals surface area contributed by atoms with Gasteiger partial charge in [-0.2, -0.15) is 0 Å². The van der Waals surface area contributed by atoms with Gasteiger partial charge in [0.05, 0.1) is 19.2 Å². The van der Waals surface area contributed by atoms with Crippen LogP contribution >= 0.6 is 0 Å². The Morgan fingerprint density at radius 2 is 2.29 bits per heavy atom. The van der Waals surface area contributed by atoms with Gasteiger partial charge in [-0.25, -0.2) is 0 Å². The number of ether oxygens (including phenoxy) is 1. The zero-order valence-electron chi connectivity index (χ0n) is 8.33. The molecule has 0 unspecified atom stereocenters. The van der Waals surface area contributed by atoms with Crippen molar-refractivity contribution in [1.82, 2.24) is 0 Å². The van der Waals surface area contributed by atoms with Gasteiger partial charge in [0.25, 0.3) is 0 Å². The fourth-order valence-electron chi connectivity index (χ4n) is 1.26. The standard InChI is InChI=1S/C10H14N2O2/c1-7-8(6-10(13)14-2)4-3-5-9(7)12-11/h3-5,12H,6,11H2,1-2H3. The third kappa shape index (κ3) is 2.23. The number of carbonyl (C=O) groups is 1. The quantitative estimate of drug-likeness (QED) is 0.428. The summed E-state index contributed by atoms with van der Waals surface area (Å²) in [4.78, 5) is 11.1. The molecule has 0 aliphatic carbocycles. The summed E-state index contributed by atoms with van der Waals surface area (Å²) in [6.07, 6.45) is 0.276. The van der Waals surface area contributed by atoms with Gasteiger partial charge in [0.15, 0.2) is 0 Å². The Kier molecular flexibility index (Phi) is 3.48. The summed E-state index contributed by atoms with van der Waals surface area (Å²) in [5.74, 6) is 5.07. The number of rotatable bonds is 3. The first-order valence-corrected chi connectivity index (χ1v) is 4.31. The van der Waals surface area contributed by atoms with Crippen LogP contribution in [0.5, 0.6) is 0 Å². The zero-order valence-corrected chi connectivity index (χ0v) is 8.33. The van der Waals surface area contributed by atoms with E-state index in [0.29, 0.717) is 0 Å². The van der Waals surface area contributed by atoms with Crippen LogP contribution in [0.25, 0.3) is 0 Å². The highest BCUT2D eigenvalue weighted by Gasteiger charge is 2.07. The molecule has 0 radical (unpaired) electrons. The van der Waals surface area contributed by atoms with E-state index in [4.69, 9.17) is 5.84 Å². The molecule has 0 saturated carbocycles. The number of esters is 1. The van der Waals surface area contributed by atoms with E-state index in [1.54, 1.807) is 0 Å². The van der Waals surface area contributed by atoms with Crippen molar-refractivity contribution in [3.63, 3.8) is 0 Å². The molecule has 4 heteroatoms. The van der Waals surface area contributed by atoms with Gasteiger partial charge in [-0.05, 0) is 24.1 Å². The molecule has 1 aromatic rings. The van der Waals surface area contributed by atoms with Crippen molar-refractivity contribution in [2.75, 3.05) is 12.5 Å². The SMILES string of the molecule is COC(=O)Cc1cccc(NN)c1C. The van der Waals surface area contributed by atoms with E-state index in [9.17, 15) is 4.79 Å².